The van der Waals surface area contributed by atoms with Crippen LogP contribution < -0.4 is 20.8 Å². The summed E-state index contributed by atoms with van der Waals surface area (Å²) in [6.45, 7) is 7.56. The van der Waals surface area contributed by atoms with Gasteiger partial charge in [0.1, 0.15) is 0 Å². The van der Waals surface area contributed by atoms with Crippen molar-refractivity contribution in [2.75, 3.05) is 26.7 Å². The van der Waals surface area contributed by atoms with Gasteiger partial charge in [-0.3, -0.25) is 20.4 Å². The van der Waals surface area contributed by atoms with Gasteiger partial charge in [-0.2, -0.15) is 0 Å². The monoisotopic (exact) mass is 511 g/mol. The molecule has 0 aromatic carbocycles. The first kappa shape index (κ1) is 25.3. The molecule has 5 fully saturated rings. The van der Waals surface area contributed by atoms with Gasteiger partial charge in [0, 0.05) is 56.4 Å². The molecule has 5 rings (SSSR count). The Morgan fingerprint density at radius 3 is 2.46 bits per heavy atom. The first-order valence-corrected chi connectivity index (χ1v) is 14.6. The summed E-state index contributed by atoms with van der Waals surface area (Å²) in [5.74, 6) is -0.722. The predicted molar refractivity (Wildman–Crippen MR) is 132 cm³/mol. The van der Waals surface area contributed by atoms with Crippen molar-refractivity contribution in [3.05, 3.63) is 0 Å². The largest absolute Gasteiger partial charge is 0.327 e. The minimum Gasteiger partial charge on any atom is -0.319 e. The van der Waals surface area contributed by atoms with Gasteiger partial charge in [0.05, 0.1) is 17.3 Å². The number of sulfonamides is 1. The lowest BCUT2D eigenvalue weighted by Gasteiger charge is -2.49. The second-order valence-corrected chi connectivity index (χ2v) is 13.7. The molecule has 3 saturated heterocycles. The van der Waals surface area contributed by atoms with Crippen molar-refractivity contribution in [1.29, 1.82) is 0 Å². The standard InChI is InChI=1S/C23H41N7O4S/c1-14-9-17(28(4)26-14)13-29-20-6-5-18(35(33,34)27-23(3)7-8-23)10-19(20)21(31)30(22(29)32)12-16-11-24-15(2)25-16/h14-20,24-27H,5-13H2,1-4H3. The van der Waals surface area contributed by atoms with Gasteiger partial charge in [-0.1, -0.05) is 0 Å². The zero-order valence-electron chi connectivity index (χ0n) is 21.3. The number of hydrogen-bond acceptors (Lipinski definition) is 8. The predicted octanol–water partition coefficient (Wildman–Crippen LogP) is -0.236. The second kappa shape index (κ2) is 9.21. The van der Waals surface area contributed by atoms with E-state index in [0.717, 1.165) is 19.3 Å². The number of nitrogens with zero attached hydrogens (tertiary/aromatic N) is 3. The average molecular weight is 512 g/mol. The Morgan fingerprint density at radius 2 is 1.86 bits per heavy atom. The Labute approximate surface area is 208 Å². The van der Waals surface area contributed by atoms with Gasteiger partial charge >= 0.3 is 6.03 Å². The van der Waals surface area contributed by atoms with Gasteiger partial charge in [-0.25, -0.2) is 22.9 Å². The Hall–Kier alpha value is -1.31. The van der Waals surface area contributed by atoms with Gasteiger partial charge < -0.3 is 10.2 Å². The van der Waals surface area contributed by atoms with E-state index in [9.17, 15) is 18.0 Å². The molecular weight excluding hydrogens is 470 g/mol. The highest BCUT2D eigenvalue weighted by Crippen LogP contribution is 2.40. The molecule has 35 heavy (non-hydrogen) atoms. The molecule has 198 valence electrons. The first-order valence-electron chi connectivity index (χ1n) is 13.1. The molecule has 3 heterocycles. The minimum atomic E-state index is -3.53. The minimum absolute atomic E-state index is 0.0215. The Balaban J connectivity index is 1.37. The highest BCUT2D eigenvalue weighted by atomic mass is 32.2. The number of carbonyl (C=O) groups excluding carboxylic acids is 2. The fourth-order valence-corrected chi connectivity index (χ4v) is 8.31. The summed E-state index contributed by atoms with van der Waals surface area (Å²) >= 11 is 0. The van der Waals surface area contributed by atoms with E-state index in [1.165, 1.54) is 4.90 Å². The number of carbonyl (C=O) groups is 2. The smallest absolute Gasteiger partial charge is 0.319 e. The van der Waals surface area contributed by atoms with Crippen LogP contribution in [0.5, 0.6) is 0 Å². The third-order valence-corrected chi connectivity index (χ3v) is 10.7. The van der Waals surface area contributed by atoms with Crippen LogP contribution in [-0.2, 0) is 14.8 Å². The van der Waals surface area contributed by atoms with E-state index in [2.05, 4.69) is 32.7 Å². The Kier molecular flexibility index (Phi) is 6.67. The van der Waals surface area contributed by atoms with Crippen LogP contribution in [-0.4, -0.2) is 103 Å². The number of nitrogens with one attached hydrogen (secondary N) is 4. The van der Waals surface area contributed by atoms with E-state index in [1.807, 2.05) is 25.8 Å². The van der Waals surface area contributed by atoms with Crippen LogP contribution in [0.15, 0.2) is 0 Å². The van der Waals surface area contributed by atoms with Gasteiger partial charge in [0.15, 0.2) is 0 Å². The summed E-state index contributed by atoms with van der Waals surface area (Å²) in [4.78, 5) is 30.7. The SMILES string of the molecule is CC1CC(CN2C(=O)N(CC3CNC(C)N3)C(=O)C3CC(S(=O)(=O)NC4(C)CC4)CCC32)N(C)N1. The van der Waals surface area contributed by atoms with Crippen LogP contribution in [0.4, 0.5) is 4.79 Å². The number of imide groups is 1. The maximum absolute atomic E-state index is 13.7. The maximum atomic E-state index is 13.7. The van der Waals surface area contributed by atoms with E-state index in [4.69, 9.17) is 0 Å². The Morgan fingerprint density at radius 1 is 1.11 bits per heavy atom. The zero-order valence-corrected chi connectivity index (χ0v) is 22.1. The van der Waals surface area contributed by atoms with Gasteiger partial charge in [-0.15, -0.1) is 0 Å². The van der Waals surface area contributed by atoms with Crippen LogP contribution in [0.25, 0.3) is 0 Å². The molecule has 11 nitrogen and oxygen atoms in total. The lowest BCUT2D eigenvalue weighted by Crippen LogP contribution is -2.66. The van der Waals surface area contributed by atoms with Crippen LogP contribution >= 0.6 is 0 Å². The van der Waals surface area contributed by atoms with Crippen molar-refractivity contribution in [3.8, 4) is 0 Å². The maximum Gasteiger partial charge on any atom is 0.327 e. The topological polar surface area (TPSA) is 126 Å². The quantitative estimate of drug-likeness (QED) is 0.369. The molecule has 7 unspecified atom stereocenters. The number of fused-ring (bicyclic) bond motifs is 1. The number of hydrazine groups is 1. The van der Waals surface area contributed by atoms with E-state index in [0.29, 0.717) is 32.0 Å². The molecule has 0 bridgehead atoms. The van der Waals surface area contributed by atoms with Crippen LogP contribution in [0, 0.1) is 5.92 Å². The van der Waals surface area contributed by atoms with Crippen molar-refractivity contribution in [1.82, 2.24) is 35.6 Å². The second-order valence-electron chi connectivity index (χ2n) is 11.7. The highest BCUT2D eigenvalue weighted by molar-refractivity contribution is 7.90. The third-order valence-electron chi connectivity index (χ3n) is 8.62. The lowest BCUT2D eigenvalue weighted by molar-refractivity contribution is -0.141. The molecule has 0 aromatic heterocycles. The summed E-state index contributed by atoms with van der Waals surface area (Å²) in [6, 6.07) is -0.0485. The van der Waals surface area contributed by atoms with Crippen molar-refractivity contribution in [3.63, 3.8) is 0 Å². The molecule has 7 atom stereocenters. The molecule has 5 aliphatic rings. The highest BCUT2D eigenvalue weighted by Gasteiger charge is 2.53. The molecule has 2 saturated carbocycles. The fraction of sp³-hybridized carbons (Fsp3) is 0.913. The molecule has 2 aliphatic carbocycles. The average Bonchev–Trinajstić information content (AvgIpc) is 3.20. The van der Waals surface area contributed by atoms with E-state index in [1.54, 1.807) is 0 Å². The third kappa shape index (κ3) is 5.10. The number of rotatable bonds is 7. The van der Waals surface area contributed by atoms with Crippen LogP contribution in [0.1, 0.15) is 59.3 Å². The zero-order chi connectivity index (χ0) is 25.1. The fourth-order valence-electron chi connectivity index (χ4n) is 6.35. The molecule has 3 aliphatic heterocycles. The van der Waals surface area contributed by atoms with Crippen LogP contribution in [0.2, 0.25) is 0 Å². The molecule has 4 N–H and O–H groups in total. The van der Waals surface area contributed by atoms with Gasteiger partial charge in [-0.05, 0) is 59.3 Å². The molecule has 0 radical (unpaired) electrons. The number of hydrogen-bond donors (Lipinski definition) is 4. The van der Waals surface area contributed by atoms with Crippen molar-refractivity contribution < 1.29 is 18.0 Å². The summed E-state index contributed by atoms with van der Waals surface area (Å²) < 4.78 is 29.2. The lowest BCUT2D eigenvalue weighted by atomic mass is 9.80. The number of amides is 3. The summed E-state index contributed by atoms with van der Waals surface area (Å²) in [5.41, 5.74) is 3.05. The molecular formula is C23H41N7O4S. The summed E-state index contributed by atoms with van der Waals surface area (Å²) in [7, 11) is -1.54. The molecule has 12 heteroatoms. The van der Waals surface area contributed by atoms with Crippen molar-refractivity contribution >= 4 is 22.0 Å². The first-order chi connectivity index (χ1) is 16.5. The number of likely N-dealkylation sites (N-methyl/N-ethyl adjacent to an activating group) is 1. The van der Waals surface area contributed by atoms with E-state index >= 15 is 0 Å². The van der Waals surface area contributed by atoms with E-state index < -0.39 is 21.2 Å². The van der Waals surface area contributed by atoms with Gasteiger partial charge in [0.25, 0.3) is 0 Å². The van der Waals surface area contributed by atoms with Crippen LogP contribution in [0.3, 0.4) is 0 Å². The summed E-state index contributed by atoms with van der Waals surface area (Å²) in [5, 5.41) is 8.14. The van der Waals surface area contributed by atoms with E-state index in [-0.39, 0.29) is 54.7 Å². The molecule has 0 aromatic rings. The summed E-state index contributed by atoms with van der Waals surface area (Å²) in [6.07, 6.45) is 3.98. The Bertz CT molecular complexity index is 958. The molecule has 3 amide bonds. The number of urea groups is 1. The molecule has 0 spiro atoms. The normalized spacial score (nSPS) is 39.8. The van der Waals surface area contributed by atoms with Gasteiger partial charge in [0.2, 0.25) is 15.9 Å². The van der Waals surface area contributed by atoms with Crippen molar-refractivity contribution in [2.45, 2.75) is 100 Å². The van der Waals surface area contributed by atoms with Crippen molar-refractivity contribution in [2.24, 2.45) is 5.92 Å².